The van der Waals surface area contributed by atoms with Crippen LogP contribution in [0, 0.1) is 0 Å². The van der Waals surface area contributed by atoms with E-state index in [0.717, 1.165) is 54.6 Å². The van der Waals surface area contributed by atoms with Gasteiger partial charge in [-0.05, 0) is 73.8 Å². The molecule has 1 aromatic carbocycles. The molecule has 8 heteroatoms. The number of aromatic nitrogens is 3. The van der Waals surface area contributed by atoms with Gasteiger partial charge in [-0.1, -0.05) is 12.1 Å². The Morgan fingerprint density at radius 3 is 2.50 bits per heavy atom. The van der Waals surface area contributed by atoms with Crippen LogP contribution in [0.25, 0.3) is 22.3 Å². The summed E-state index contributed by atoms with van der Waals surface area (Å²) in [5, 5.41) is 11.0. The van der Waals surface area contributed by atoms with Crippen molar-refractivity contribution in [2.45, 2.75) is 25.3 Å². The van der Waals surface area contributed by atoms with Gasteiger partial charge in [0.05, 0.1) is 11.4 Å². The number of benzene rings is 1. The van der Waals surface area contributed by atoms with E-state index >= 15 is 0 Å². The number of pyridine rings is 2. The number of nitrogen functional groups attached to an aromatic ring is 1. The molecule has 1 fully saturated rings. The van der Waals surface area contributed by atoms with Gasteiger partial charge in [-0.15, -0.1) is 0 Å². The number of amides is 1. The Hall–Kier alpha value is -3.91. The maximum Gasteiger partial charge on any atom is 0.253 e. The van der Waals surface area contributed by atoms with Crippen LogP contribution in [-0.4, -0.2) is 62.5 Å². The smallest absolute Gasteiger partial charge is 0.253 e. The standard InChI is InChI=1S/C28H32N6O2/c1-32(2)28(36)20-6-4-18(5-7-20)19-11-14-34(15-12-19)17-21-16-23-22(10-13-30-26(23)33(21)3)25-9-8-24(29)27(35)31-25/h4-10,13,16,19H,11-12,14-15,17,29H2,1-3H3,(H,31,35). The molecule has 186 valence electrons. The van der Waals surface area contributed by atoms with Crippen molar-refractivity contribution in [2.24, 2.45) is 7.05 Å². The van der Waals surface area contributed by atoms with Crippen molar-refractivity contribution < 1.29 is 9.90 Å². The lowest BCUT2D eigenvalue weighted by atomic mass is 9.89. The molecular weight excluding hydrogens is 452 g/mol. The van der Waals surface area contributed by atoms with E-state index in [1.165, 1.54) is 11.3 Å². The second kappa shape index (κ2) is 9.62. The van der Waals surface area contributed by atoms with Crippen LogP contribution in [0.1, 0.15) is 40.4 Å². The van der Waals surface area contributed by atoms with Gasteiger partial charge in [0, 0.05) is 56.1 Å². The first-order valence-corrected chi connectivity index (χ1v) is 12.2. The van der Waals surface area contributed by atoms with Crippen molar-refractivity contribution in [3.63, 3.8) is 0 Å². The maximum absolute atomic E-state index is 12.2. The number of hydrogen-bond donors (Lipinski definition) is 2. The Kier molecular flexibility index (Phi) is 6.36. The number of aryl methyl sites for hydroxylation is 1. The maximum atomic E-state index is 12.2. The summed E-state index contributed by atoms with van der Waals surface area (Å²) in [6, 6.07) is 15.7. The van der Waals surface area contributed by atoms with Crippen LogP contribution in [0.5, 0.6) is 5.88 Å². The molecule has 5 rings (SSSR count). The summed E-state index contributed by atoms with van der Waals surface area (Å²) in [4.78, 5) is 25.1. The van der Waals surface area contributed by atoms with Crippen molar-refractivity contribution >= 4 is 22.6 Å². The molecule has 36 heavy (non-hydrogen) atoms. The van der Waals surface area contributed by atoms with Crippen LogP contribution < -0.4 is 5.73 Å². The van der Waals surface area contributed by atoms with Crippen LogP contribution >= 0.6 is 0 Å². The van der Waals surface area contributed by atoms with Crippen LogP contribution in [0.4, 0.5) is 5.69 Å². The molecule has 0 radical (unpaired) electrons. The summed E-state index contributed by atoms with van der Waals surface area (Å²) in [5.74, 6) is 0.387. The van der Waals surface area contributed by atoms with Gasteiger partial charge in [-0.25, -0.2) is 9.97 Å². The van der Waals surface area contributed by atoms with Gasteiger partial charge < -0.3 is 20.3 Å². The molecule has 1 saturated heterocycles. The highest BCUT2D eigenvalue weighted by molar-refractivity contribution is 5.94. The number of likely N-dealkylation sites (tertiary alicyclic amines) is 1. The molecule has 0 spiro atoms. The molecule has 3 aromatic heterocycles. The normalized spacial score (nSPS) is 14.9. The third-order valence-corrected chi connectivity index (χ3v) is 7.22. The molecule has 8 nitrogen and oxygen atoms in total. The lowest BCUT2D eigenvalue weighted by Crippen LogP contribution is -2.33. The molecule has 1 amide bonds. The zero-order chi connectivity index (χ0) is 25.4. The minimum absolute atomic E-state index is 0.0351. The number of aromatic hydroxyl groups is 1. The Morgan fingerprint density at radius 1 is 1.11 bits per heavy atom. The molecule has 0 unspecified atom stereocenters. The Bertz CT molecular complexity index is 1400. The predicted molar refractivity (Wildman–Crippen MR) is 142 cm³/mol. The second-order valence-corrected chi connectivity index (χ2v) is 9.77. The number of fused-ring (bicyclic) bond motifs is 1. The van der Waals surface area contributed by atoms with Crippen molar-refractivity contribution in [3.05, 3.63) is 71.5 Å². The Labute approximate surface area is 211 Å². The highest BCUT2D eigenvalue weighted by Crippen LogP contribution is 2.33. The number of carbonyl (C=O) groups is 1. The summed E-state index contributed by atoms with van der Waals surface area (Å²) in [6.45, 7) is 2.87. The lowest BCUT2D eigenvalue weighted by Gasteiger charge is -2.32. The third-order valence-electron chi connectivity index (χ3n) is 7.22. The highest BCUT2D eigenvalue weighted by atomic mass is 16.3. The molecule has 1 aliphatic rings. The first-order valence-electron chi connectivity index (χ1n) is 12.2. The van der Waals surface area contributed by atoms with Gasteiger partial charge in [0.1, 0.15) is 5.65 Å². The average molecular weight is 485 g/mol. The Balaban J connectivity index is 1.29. The van der Waals surface area contributed by atoms with Gasteiger partial charge in [0.2, 0.25) is 5.88 Å². The molecule has 0 bridgehead atoms. The van der Waals surface area contributed by atoms with Gasteiger partial charge in [-0.2, -0.15) is 0 Å². The van der Waals surface area contributed by atoms with Crippen molar-refractivity contribution in [3.8, 4) is 17.1 Å². The molecule has 0 aliphatic carbocycles. The molecule has 4 aromatic rings. The van der Waals surface area contributed by atoms with Gasteiger partial charge in [0.15, 0.2) is 0 Å². The number of anilines is 1. The number of hydrogen-bond acceptors (Lipinski definition) is 6. The van der Waals surface area contributed by atoms with E-state index in [0.29, 0.717) is 11.6 Å². The first kappa shape index (κ1) is 23.8. The summed E-state index contributed by atoms with van der Waals surface area (Å²) in [5.41, 5.74) is 11.7. The quantitative estimate of drug-likeness (QED) is 0.444. The van der Waals surface area contributed by atoms with Gasteiger partial charge in [-0.3, -0.25) is 9.69 Å². The van der Waals surface area contributed by atoms with Crippen molar-refractivity contribution in [1.82, 2.24) is 24.3 Å². The SMILES string of the molecule is CN(C)C(=O)c1ccc(C2CCN(Cc3cc4c(-c5ccc(N)c(O)n5)ccnc4n3C)CC2)cc1. The Morgan fingerprint density at radius 2 is 1.83 bits per heavy atom. The summed E-state index contributed by atoms with van der Waals surface area (Å²) >= 11 is 0. The number of nitrogens with zero attached hydrogens (tertiary/aromatic N) is 5. The van der Waals surface area contributed by atoms with Gasteiger partial charge in [0.25, 0.3) is 5.91 Å². The summed E-state index contributed by atoms with van der Waals surface area (Å²) < 4.78 is 2.14. The first-order chi connectivity index (χ1) is 17.3. The monoisotopic (exact) mass is 484 g/mol. The molecule has 4 heterocycles. The topological polar surface area (TPSA) is 101 Å². The predicted octanol–water partition coefficient (Wildman–Crippen LogP) is 4.00. The number of piperidine rings is 1. The molecular formula is C28H32N6O2. The van der Waals surface area contributed by atoms with E-state index in [9.17, 15) is 9.90 Å². The summed E-state index contributed by atoms with van der Waals surface area (Å²) in [7, 11) is 5.60. The van der Waals surface area contributed by atoms with E-state index in [1.807, 2.05) is 31.3 Å². The fraction of sp³-hybridized carbons (Fsp3) is 0.321. The largest absolute Gasteiger partial charge is 0.492 e. The third kappa shape index (κ3) is 4.52. The van der Waals surface area contributed by atoms with Crippen LogP contribution in [0.3, 0.4) is 0 Å². The number of rotatable bonds is 5. The second-order valence-electron chi connectivity index (χ2n) is 9.77. The van der Waals surface area contributed by atoms with E-state index in [2.05, 4.69) is 37.6 Å². The lowest BCUT2D eigenvalue weighted by molar-refractivity contribution is 0.0827. The number of carbonyl (C=O) groups excluding carboxylic acids is 1. The van der Waals surface area contributed by atoms with Crippen molar-refractivity contribution in [1.29, 1.82) is 0 Å². The minimum atomic E-state index is -0.157. The fourth-order valence-electron chi connectivity index (χ4n) is 5.07. The van der Waals surface area contributed by atoms with Crippen molar-refractivity contribution in [2.75, 3.05) is 32.9 Å². The highest BCUT2D eigenvalue weighted by Gasteiger charge is 2.23. The van der Waals surface area contributed by atoms with Gasteiger partial charge >= 0.3 is 0 Å². The average Bonchev–Trinajstić information content (AvgIpc) is 3.21. The summed E-state index contributed by atoms with van der Waals surface area (Å²) in [6.07, 6.45) is 3.95. The van der Waals surface area contributed by atoms with E-state index in [1.54, 1.807) is 31.3 Å². The van der Waals surface area contributed by atoms with E-state index in [4.69, 9.17) is 5.73 Å². The van der Waals surface area contributed by atoms with Crippen LogP contribution in [0.2, 0.25) is 0 Å². The van der Waals surface area contributed by atoms with E-state index in [-0.39, 0.29) is 17.5 Å². The van der Waals surface area contributed by atoms with Crippen LogP contribution in [-0.2, 0) is 13.6 Å². The molecule has 0 saturated carbocycles. The minimum Gasteiger partial charge on any atom is -0.492 e. The molecule has 1 aliphatic heterocycles. The van der Waals surface area contributed by atoms with E-state index < -0.39 is 0 Å². The number of nitrogens with two attached hydrogens (primary N) is 1. The fourth-order valence-corrected chi connectivity index (χ4v) is 5.07. The zero-order valence-corrected chi connectivity index (χ0v) is 21.0. The van der Waals surface area contributed by atoms with Crippen LogP contribution in [0.15, 0.2) is 54.7 Å². The zero-order valence-electron chi connectivity index (χ0n) is 21.0. The molecule has 0 atom stereocenters. The molecule has 3 N–H and O–H groups in total.